The highest BCUT2D eigenvalue weighted by Crippen LogP contribution is 2.29. The van der Waals surface area contributed by atoms with Crippen molar-refractivity contribution in [1.29, 1.82) is 0 Å². The number of benzene rings is 1. The van der Waals surface area contributed by atoms with Crippen molar-refractivity contribution in [3.05, 3.63) is 35.0 Å². The van der Waals surface area contributed by atoms with Gasteiger partial charge in [0.15, 0.2) is 0 Å². The van der Waals surface area contributed by atoms with Gasteiger partial charge in [-0.05, 0) is 43.4 Å². The number of pyridine rings is 1. The summed E-state index contributed by atoms with van der Waals surface area (Å²) in [5.41, 5.74) is 3.84. The van der Waals surface area contributed by atoms with Gasteiger partial charge in [0.2, 0.25) is 0 Å². The minimum absolute atomic E-state index is 0.316. The molecule has 19 heavy (non-hydrogen) atoms. The summed E-state index contributed by atoms with van der Waals surface area (Å²) in [7, 11) is 0. The molecule has 0 fully saturated rings. The first-order valence-corrected chi connectivity index (χ1v) is 7.08. The van der Waals surface area contributed by atoms with E-state index in [-0.39, 0.29) is 0 Å². The topological polar surface area (TPSA) is 33.1 Å². The molecule has 1 N–H and O–H groups in total. The zero-order valence-corrected chi connectivity index (χ0v) is 12.9. The predicted molar refractivity (Wildman–Crippen MR) is 82.8 cm³/mol. The molecule has 0 aliphatic rings. The molecule has 0 radical (unpaired) electrons. The van der Waals surface area contributed by atoms with E-state index >= 15 is 0 Å². The van der Waals surface area contributed by atoms with Crippen molar-refractivity contribution in [2.75, 3.05) is 0 Å². The first-order valence-electron chi connectivity index (χ1n) is 7.08. The molecule has 0 bridgehead atoms. The lowest BCUT2D eigenvalue weighted by atomic mass is 10.0. The molecule has 2 heteroatoms. The van der Waals surface area contributed by atoms with Gasteiger partial charge in [-0.15, -0.1) is 0 Å². The third kappa shape index (κ3) is 3.46. The highest BCUT2D eigenvalue weighted by atomic mass is 16.3. The summed E-state index contributed by atoms with van der Waals surface area (Å²) < 4.78 is 0. The monoisotopic (exact) mass is 259 g/mol. The van der Waals surface area contributed by atoms with Crippen LogP contribution in [0, 0.1) is 19.8 Å². The zero-order chi connectivity index (χ0) is 14.6. The summed E-state index contributed by atoms with van der Waals surface area (Å²) in [6.45, 7) is 12.3. The van der Waals surface area contributed by atoms with E-state index in [4.69, 9.17) is 0 Å². The van der Waals surface area contributed by atoms with E-state index in [0.717, 1.165) is 28.6 Å². The van der Waals surface area contributed by atoms with Gasteiger partial charge in [0.1, 0.15) is 11.3 Å². The van der Waals surface area contributed by atoms with Gasteiger partial charge in [-0.1, -0.05) is 39.8 Å². The van der Waals surface area contributed by atoms with Gasteiger partial charge in [0.25, 0.3) is 0 Å². The molecule has 0 saturated heterocycles. The number of hydrogen-bond acceptors (Lipinski definition) is 2. The predicted octanol–water partition coefficient (Wildman–Crippen LogP) is 4.78. The van der Waals surface area contributed by atoms with Crippen molar-refractivity contribution in [2.24, 2.45) is 5.92 Å². The molecule has 2 rings (SSSR count). The maximum absolute atomic E-state index is 10.1. The fourth-order valence-electron chi connectivity index (χ4n) is 2.19. The number of nitrogens with zero attached hydrogens (tertiary/aromatic N) is 1. The van der Waals surface area contributed by atoms with E-state index in [1.54, 1.807) is 0 Å². The Bertz CT molecular complexity index is 559. The normalized spacial score (nSPS) is 10.5. The third-order valence-corrected chi connectivity index (χ3v) is 3.03. The second kappa shape index (κ2) is 6.55. The Morgan fingerprint density at radius 3 is 2.32 bits per heavy atom. The van der Waals surface area contributed by atoms with E-state index in [9.17, 15) is 5.11 Å². The zero-order valence-electron chi connectivity index (χ0n) is 12.9. The molecule has 1 heterocycles. The minimum Gasteiger partial charge on any atom is -0.505 e. The van der Waals surface area contributed by atoms with Crippen LogP contribution in [0.3, 0.4) is 0 Å². The first kappa shape index (κ1) is 15.5. The van der Waals surface area contributed by atoms with E-state index in [0.29, 0.717) is 11.7 Å². The van der Waals surface area contributed by atoms with Gasteiger partial charge in [-0.25, -0.2) is 4.98 Å². The summed E-state index contributed by atoms with van der Waals surface area (Å²) in [4.78, 5) is 4.59. The summed E-state index contributed by atoms with van der Waals surface area (Å²) in [6, 6.07) is 6.13. The second-order valence-corrected chi connectivity index (χ2v) is 5.16. The summed E-state index contributed by atoms with van der Waals surface area (Å²) in [5.74, 6) is 0.893. The molecule has 0 unspecified atom stereocenters. The molecule has 0 aliphatic carbocycles. The van der Waals surface area contributed by atoms with Crippen LogP contribution in [0.25, 0.3) is 10.9 Å². The number of phenolic OH excluding ortho intramolecular Hbond substituents is 1. The van der Waals surface area contributed by atoms with Gasteiger partial charge >= 0.3 is 0 Å². The van der Waals surface area contributed by atoms with Crippen LogP contribution < -0.4 is 0 Å². The minimum atomic E-state index is 0.316. The maximum atomic E-state index is 10.1. The summed E-state index contributed by atoms with van der Waals surface area (Å²) in [5, 5.41) is 11.1. The van der Waals surface area contributed by atoms with Crippen LogP contribution >= 0.6 is 0 Å². The third-order valence-electron chi connectivity index (χ3n) is 3.03. The Morgan fingerprint density at radius 2 is 1.74 bits per heavy atom. The molecule has 104 valence electrons. The van der Waals surface area contributed by atoms with Crippen LogP contribution in [-0.4, -0.2) is 10.1 Å². The quantitative estimate of drug-likeness (QED) is 0.841. The van der Waals surface area contributed by atoms with Gasteiger partial charge < -0.3 is 5.11 Å². The number of phenols is 1. The van der Waals surface area contributed by atoms with Crippen LogP contribution in [0.5, 0.6) is 5.75 Å². The molecule has 1 aromatic heterocycles. The fraction of sp³-hybridized carbons (Fsp3) is 0.471. The Labute approximate surface area is 116 Å². The summed E-state index contributed by atoms with van der Waals surface area (Å²) in [6.07, 6.45) is 0.947. The number of fused-ring (bicyclic) bond motifs is 1. The molecular formula is C17H25NO. The number of hydrogen-bond donors (Lipinski definition) is 1. The SMILES string of the molecule is CC.Cc1cc(C)c2ccc(CC(C)C)nc2c1O. The molecule has 2 nitrogen and oxygen atoms in total. The van der Waals surface area contributed by atoms with Crippen molar-refractivity contribution in [3.8, 4) is 5.75 Å². The molecule has 0 saturated carbocycles. The van der Waals surface area contributed by atoms with Crippen molar-refractivity contribution < 1.29 is 5.11 Å². The smallest absolute Gasteiger partial charge is 0.144 e. The number of aromatic nitrogens is 1. The largest absolute Gasteiger partial charge is 0.505 e. The molecule has 0 spiro atoms. The van der Waals surface area contributed by atoms with E-state index in [2.05, 4.69) is 37.9 Å². The molecule has 1 aromatic carbocycles. The lowest BCUT2D eigenvalue weighted by molar-refractivity contribution is 0.476. The Balaban J connectivity index is 0.000000861. The van der Waals surface area contributed by atoms with Crippen LogP contribution in [0.2, 0.25) is 0 Å². The number of aromatic hydroxyl groups is 1. The molecule has 2 aromatic rings. The Morgan fingerprint density at radius 1 is 1.11 bits per heavy atom. The molecular weight excluding hydrogens is 234 g/mol. The Kier molecular flexibility index (Phi) is 5.34. The van der Waals surface area contributed by atoms with Crippen molar-refractivity contribution in [3.63, 3.8) is 0 Å². The molecule has 0 aliphatic heterocycles. The van der Waals surface area contributed by atoms with Gasteiger partial charge in [-0.3, -0.25) is 0 Å². The first-order chi connectivity index (χ1) is 8.99. The van der Waals surface area contributed by atoms with Crippen molar-refractivity contribution in [1.82, 2.24) is 4.98 Å². The standard InChI is InChI=1S/C15H19NO.C2H6/c1-9(2)7-12-5-6-13-10(3)8-11(4)15(17)14(13)16-12;1-2/h5-6,8-9,17H,7H2,1-4H3;1-2H3. The average Bonchev–Trinajstić information content (AvgIpc) is 2.37. The second-order valence-electron chi connectivity index (χ2n) is 5.16. The summed E-state index contributed by atoms with van der Waals surface area (Å²) >= 11 is 0. The maximum Gasteiger partial charge on any atom is 0.144 e. The molecule has 0 amide bonds. The van der Waals surface area contributed by atoms with Gasteiger partial charge in [-0.2, -0.15) is 0 Å². The van der Waals surface area contributed by atoms with Crippen LogP contribution in [-0.2, 0) is 6.42 Å². The van der Waals surface area contributed by atoms with Crippen molar-refractivity contribution >= 4 is 10.9 Å². The highest BCUT2D eigenvalue weighted by Gasteiger charge is 2.09. The van der Waals surface area contributed by atoms with E-state index < -0.39 is 0 Å². The highest BCUT2D eigenvalue weighted by molar-refractivity contribution is 5.88. The average molecular weight is 259 g/mol. The number of aryl methyl sites for hydroxylation is 2. The van der Waals surface area contributed by atoms with Crippen molar-refractivity contribution in [2.45, 2.75) is 48.0 Å². The fourth-order valence-corrected chi connectivity index (χ4v) is 2.19. The van der Waals surface area contributed by atoms with Crippen LogP contribution in [0.15, 0.2) is 18.2 Å². The molecule has 0 atom stereocenters. The Hall–Kier alpha value is -1.57. The van der Waals surface area contributed by atoms with Crippen LogP contribution in [0.1, 0.15) is 44.5 Å². The van der Waals surface area contributed by atoms with Gasteiger partial charge in [0.05, 0.1) is 0 Å². The van der Waals surface area contributed by atoms with Crippen LogP contribution in [0.4, 0.5) is 0 Å². The lowest BCUT2D eigenvalue weighted by Gasteiger charge is -2.10. The number of rotatable bonds is 2. The van der Waals surface area contributed by atoms with E-state index in [1.165, 1.54) is 5.56 Å². The van der Waals surface area contributed by atoms with Gasteiger partial charge in [0, 0.05) is 11.1 Å². The van der Waals surface area contributed by atoms with E-state index in [1.807, 2.05) is 26.8 Å². The lowest BCUT2D eigenvalue weighted by Crippen LogP contribution is -1.98.